The third-order valence-electron chi connectivity index (χ3n) is 1.97. The van der Waals surface area contributed by atoms with Crippen molar-refractivity contribution < 1.29 is 4.74 Å². The molecule has 2 rings (SSSR count). The SMILES string of the molecule is CC(C)Oc1ncnc2cc(N)ccc12. The maximum absolute atomic E-state index is 5.67. The molecule has 0 spiro atoms. The van der Waals surface area contributed by atoms with Crippen LogP contribution in [0.4, 0.5) is 5.69 Å². The number of nitrogens with zero attached hydrogens (tertiary/aromatic N) is 2. The number of benzene rings is 1. The van der Waals surface area contributed by atoms with Gasteiger partial charge in [-0.2, -0.15) is 0 Å². The number of aromatic nitrogens is 2. The van der Waals surface area contributed by atoms with Crippen molar-refractivity contribution in [1.29, 1.82) is 0 Å². The summed E-state index contributed by atoms with van der Waals surface area (Å²) in [6, 6.07) is 5.51. The summed E-state index contributed by atoms with van der Waals surface area (Å²) in [6.45, 7) is 3.93. The first-order chi connectivity index (χ1) is 7.16. The first-order valence-electron chi connectivity index (χ1n) is 4.83. The number of hydrogen-bond acceptors (Lipinski definition) is 4. The molecule has 1 aromatic carbocycles. The summed E-state index contributed by atoms with van der Waals surface area (Å²) in [5.41, 5.74) is 7.17. The molecule has 4 nitrogen and oxygen atoms in total. The molecule has 78 valence electrons. The molecule has 0 unspecified atom stereocenters. The fourth-order valence-corrected chi connectivity index (χ4v) is 1.37. The van der Waals surface area contributed by atoms with E-state index in [0.29, 0.717) is 11.6 Å². The van der Waals surface area contributed by atoms with Crippen LogP contribution in [0.15, 0.2) is 24.5 Å². The van der Waals surface area contributed by atoms with E-state index < -0.39 is 0 Å². The number of nitrogen functional groups attached to an aromatic ring is 1. The summed E-state index contributed by atoms with van der Waals surface area (Å²) in [4.78, 5) is 8.24. The summed E-state index contributed by atoms with van der Waals surface area (Å²) < 4.78 is 5.58. The Morgan fingerprint density at radius 1 is 1.27 bits per heavy atom. The van der Waals surface area contributed by atoms with Crippen molar-refractivity contribution in [3.05, 3.63) is 24.5 Å². The maximum atomic E-state index is 5.67. The van der Waals surface area contributed by atoms with Crippen molar-refractivity contribution >= 4 is 16.6 Å². The molecule has 0 aliphatic heterocycles. The minimum Gasteiger partial charge on any atom is -0.474 e. The van der Waals surface area contributed by atoms with Gasteiger partial charge in [0.25, 0.3) is 0 Å². The van der Waals surface area contributed by atoms with Gasteiger partial charge in [-0.05, 0) is 32.0 Å². The van der Waals surface area contributed by atoms with E-state index in [-0.39, 0.29) is 6.10 Å². The van der Waals surface area contributed by atoms with Crippen molar-refractivity contribution in [1.82, 2.24) is 9.97 Å². The minimum atomic E-state index is 0.0978. The van der Waals surface area contributed by atoms with Crippen LogP contribution < -0.4 is 10.5 Å². The number of anilines is 1. The van der Waals surface area contributed by atoms with Crippen molar-refractivity contribution in [2.45, 2.75) is 20.0 Å². The summed E-state index contributed by atoms with van der Waals surface area (Å²) in [5, 5.41) is 0.889. The predicted octanol–water partition coefficient (Wildman–Crippen LogP) is 2.00. The number of nitrogens with two attached hydrogens (primary N) is 1. The van der Waals surface area contributed by atoms with Gasteiger partial charge in [-0.15, -0.1) is 0 Å². The van der Waals surface area contributed by atoms with Crippen LogP contribution in [0.3, 0.4) is 0 Å². The summed E-state index contributed by atoms with van der Waals surface area (Å²) in [7, 11) is 0. The Hall–Kier alpha value is -1.84. The van der Waals surface area contributed by atoms with Gasteiger partial charge in [-0.1, -0.05) is 0 Å². The summed E-state index contributed by atoms with van der Waals surface area (Å²) >= 11 is 0. The van der Waals surface area contributed by atoms with Crippen LogP contribution >= 0.6 is 0 Å². The van der Waals surface area contributed by atoms with Crippen molar-refractivity contribution in [2.24, 2.45) is 0 Å². The molecule has 2 N–H and O–H groups in total. The van der Waals surface area contributed by atoms with Gasteiger partial charge in [0.2, 0.25) is 5.88 Å². The lowest BCUT2D eigenvalue weighted by Crippen LogP contribution is -2.07. The van der Waals surface area contributed by atoms with Gasteiger partial charge in [0.1, 0.15) is 6.33 Å². The first kappa shape index (κ1) is 9.71. The summed E-state index contributed by atoms with van der Waals surface area (Å²) in [5.74, 6) is 0.606. The topological polar surface area (TPSA) is 61.0 Å². The molecule has 15 heavy (non-hydrogen) atoms. The van der Waals surface area contributed by atoms with Gasteiger partial charge in [-0.25, -0.2) is 9.97 Å². The molecule has 0 radical (unpaired) electrons. The molecule has 0 saturated carbocycles. The van der Waals surface area contributed by atoms with Crippen LogP contribution in [0.1, 0.15) is 13.8 Å². The lowest BCUT2D eigenvalue weighted by Gasteiger charge is -2.10. The maximum Gasteiger partial charge on any atom is 0.224 e. The van der Waals surface area contributed by atoms with Crippen LogP contribution in [-0.2, 0) is 0 Å². The minimum absolute atomic E-state index is 0.0978. The second-order valence-corrected chi connectivity index (χ2v) is 3.62. The molecule has 0 amide bonds. The Bertz CT molecular complexity index is 482. The number of rotatable bonds is 2. The van der Waals surface area contributed by atoms with Gasteiger partial charge in [0, 0.05) is 5.69 Å². The lowest BCUT2D eigenvalue weighted by molar-refractivity contribution is 0.235. The fourth-order valence-electron chi connectivity index (χ4n) is 1.37. The second kappa shape index (κ2) is 3.73. The van der Waals surface area contributed by atoms with Crippen LogP contribution in [-0.4, -0.2) is 16.1 Å². The molecule has 4 heteroatoms. The van der Waals surface area contributed by atoms with Crippen molar-refractivity contribution in [2.75, 3.05) is 5.73 Å². The number of fused-ring (bicyclic) bond motifs is 1. The van der Waals surface area contributed by atoms with Crippen LogP contribution in [0.2, 0.25) is 0 Å². The molecular weight excluding hydrogens is 190 g/mol. The number of hydrogen-bond donors (Lipinski definition) is 1. The average molecular weight is 203 g/mol. The predicted molar refractivity (Wildman–Crippen MR) is 59.7 cm³/mol. The average Bonchev–Trinajstić information content (AvgIpc) is 2.16. The summed E-state index contributed by atoms with van der Waals surface area (Å²) in [6.07, 6.45) is 1.58. The Morgan fingerprint density at radius 2 is 2.07 bits per heavy atom. The highest BCUT2D eigenvalue weighted by molar-refractivity contribution is 5.85. The standard InChI is InChI=1S/C11H13N3O/c1-7(2)15-11-9-4-3-8(12)5-10(9)13-6-14-11/h3-7H,12H2,1-2H3. The highest BCUT2D eigenvalue weighted by Crippen LogP contribution is 2.23. The van der Waals surface area contributed by atoms with Crippen LogP contribution in [0.25, 0.3) is 10.9 Å². The van der Waals surface area contributed by atoms with Crippen molar-refractivity contribution in [3.8, 4) is 5.88 Å². The van der Waals surface area contributed by atoms with E-state index in [1.54, 1.807) is 0 Å². The Kier molecular flexibility index (Phi) is 2.41. The largest absolute Gasteiger partial charge is 0.474 e. The van der Waals surface area contributed by atoms with E-state index >= 15 is 0 Å². The molecule has 0 aliphatic carbocycles. The Balaban J connectivity index is 2.56. The molecule has 1 aromatic heterocycles. The first-order valence-corrected chi connectivity index (χ1v) is 4.83. The van der Waals surface area contributed by atoms with Gasteiger partial charge in [-0.3, -0.25) is 0 Å². The van der Waals surface area contributed by atoms with E-state index in [1.165, 1.54) is 6.33 Å². The lowest BCUT2D eigenvalue weighted by atomic mass is 10.2. The van der Waals surface area contributed by atoms with Gasteiger partial charge < -0.3 is 10.5 Å². The molecule has 0 fully saturated rings. The van der Waals surface area contributed by atoms with Crippen molar-refractivity contribution in [3.63, 3.8) is 0 Å². The third kappa shape index (κ3) is 1.98. The molecule has 1 heterocycles. The smallest absolute Gasteiger partial charge is 0.224 e. The molecule has 0 bridgehead atoms. The molecule has 0 saturated heterocycles. The normalized spacial score (nSPS) is 10.9. The molecular formula is C11H13N3O. The van der Waals surface area contributed by atoms with E-state index in [9.17, 15) is 0 Å². The Labute approximate surface area is 88.1 Å². The fraction of sp³-hybridized carbons (Fsp3) is 0.273. The zero-order valence-electron chi connectivity index (χ0n) is 8.77. The van der Waals surface area contributed by atoms with E-state index in [4.69, 9.17) is 10.5 Å². The highest BCUT2D eigenvalue weighted by atomic mass is 16.5. The zero-order chi connectivity index (χ0) is 10.8. The van der Waals surface area contributed by atoms with Gasteiger partial charge >= 0.3 is 0 Å². The molecule has 0 aliphatic rings. The van der Waals surface area contributed by atoms with E-state index in [1.807, 2.05) is 32.0 Å². The van der Waals surface area contributed by atoms with E-state index in [0.717, 1.165) is 10.9 Å². The highest BCUT2D eigenvalue weighted by Gasteiger charge is 2.06. The van der Waals surface area contributed by atoms with Gasteiger partial charge in [0.15, 0.2) is 0 Å². The van der Waals surface area contributed by atoms with E-state index in [2.05, 4.69) is 9.97 Å². The molecule has 0 atom stereocenters. The Morgan fingerprint density at radius 3 is 2.80 bits per heavy atom. The quantitative estimate of drug-likeness (QED) is 0.758. The van der Waals surface area contributed by atoms with Crippen LogP contribution in [0, 0.1) is 0 Å². The van der Waals surface area contributed by atoms with Crippen LogP contribution in [0.5, 0.6) is 5.88 Å². The second-order valence-electron chi connectivity index (χ2n) is 3.62. The zero-order valence-corrected chi connectivity index (χ0v) is 8.77. The monoisotopic (exact) mass is 203 g/mol. The third-order valence-corrected chi connectivity index (χ3v) is 1.97. The van der Waals surface area contributed by atoms with Gasteiger partial charge in [0.05, 0.1) is 17.0 Å². The number of ether oxygens (including phenoxy) is 1. The molecule has 2 aromatic rings.